The number of sulfonamides is 1. The van der Waals surface area contributed by atoms with Gasteiger partial charge in [0.1, 0.15) is 6.54 Å². The van der Waals surface area contributed by atoms with Crippen molar-refractivity contribution in [2.24, 2.45) is 0 Å². The van der Waals surface area contributed by atoms with Crippen LogP contribution in [0.15, 0.2) is 29.2 Å². The number of nitrogens with zero attached hydrogens (tertiary/aromatic N) is 1. The lowest BCUT2D eigenvalue weighted by Crippen LogP contribution is -2.40. The number of carboxylic acid groups (broad SMARTS) is 1. The minimum Gasteiger partial charge on any atom is -0.480 e. The van der Waals surface area contributed by atoms with Crippen molar-refractivity contribution in [1.29, 1.82) is 0 Å². The van der Waals surface area contributed by atoms with Gasteiger partial charge in [0.05, 0.1) is 4.90 Å². The van der Waals surface area contributed by atoms with E-state index in [0.717, 1.165) is 5.56 Å². The molecule has 1 N–H and O–H groups in total. The van der Waals surface area contributed by atoms with Crippen LogP contribution in [0.2, 0.25) is 0 Å². The van der Waals surface area contributed by atoms with Crippen LogP contribution >= 0.6 is 0 Å². The summed E-state index contributed by atoms with van der Waals surface area (Å²) in [6.07, 6.45) is -0.0849. The van der Waals surface area contributed by atoms with Crippen molar-refractivity contribution in [2.45, 2.75) is 25.2 Å². The Morgan fingerprint density at radius 2 is 1.74 bits per heavy atom. The number of carboxylic acids is 1. The van der Waals surface area contributed by atoms with Crippen molar-refractivity contribution < 1.29 is 23.1 Å². The minimum absolute atomic E-state index is 0.0849. The number of benzene rings is 1. The lowest BCUT2D eigenvalue weighted by atomic mass is 10.2. The molecule has 1 aromatic rings. The SMILES string of the molecule is CCC(=O)N(CC(=O)O)S(=O)(=O)c1ccc(C)cc1. The first kappa shape index (κ1) is 15.2. The Bertz CT molecular complexity index is 577. The van der Waals surface area contributed by atoms with Gasteiger partial charge in [0.15, 0.2) is 0 Å². The molecule has 0 fully saturated rings. The molecule has 19 heavy (non-hydrogen) atoms. The molecule has 0 bridgehead atoms. The topological polar surface area (TPSA) is 91.8 Å². The number of amides is 1. The van der Waals surface area contributed by atoms with Gasteiger partial charge < -0.3 is 5.11 Å². The summed E-state index contributed by atoms with van der Waals surface area (Å²) in [6.45, 7) is 2.40. The summed E-state index contributed by atoms with van der Waals surface area (Å²) in [4.78, 5) is 22.2. The monoisotopic (exact) mass is 285 g/mol. The van der Waals surface area contributed by atoms with Crippen LogP contribution < -0.4 is 0 Å². The van der Waals surface area contributed by atoms with Crippen molar-refractivity contribution in [2.75, 3.05) is 6.54 Å². The molecule has 0 atom stereocenters. The van der Waals surface area contributed by atoms with Crippen molar-refractivity contribution >= 4 is 21.9 Å². The van der Waals surface area contributed by atoms with Crippen molar-refractivity contribution in [3.05, 3.63) is 29.8 Å². The van der Waals surface area contributed by atoms with Crippen LogP contribution in [-0.4, -0.2) is 36.3 Å². The number of carbonyl (C=O) groups is 2. The van der Waals surface area contributed by atoms with E-state index in [0.29, 0.717) is 4.31 Å². The van der Waals surface area contributed by atoms with Crippen LogP contribution in [0.1, 0.15) is 18.9 Å². The Hall–Kier alpha value is -1.89. The maximum Gasteiger partial charge on any atom is 0.324 e. The predicted octanol–water partition coefficient (Wildman–Crippen LogP) is 1.01. The fourth-order valence-corrected chi connectivity index (χ4v) is 2.86. The number of hydrogen-bond donors (Lipinski definition) is 1. The number of carbonyl (C=O) groups excluding carboxylic acids is 1. The summed E-state index contributed by atoms with van der Waals surface area (Å²) >= 11 is 0. The fourth-order valence-electron chi connectivity index (χ4n) is 1.44. The summed E-state index contributed by atoms with van der Waals surface area (Å²) < 4.78 is 24.8. The fraction of sp³-hybridized carbons (Fsp3) is 0.333. The molecule has 1 rings (SSSR count). The maximum atomic E-state index is 12.2. The quantitative estimate of drug-likeness (QED) is 0.871. The van der Waals surface area contributed by atoms with Crippen LogP contribution in [0.25, 0.3) is 0 Å². The van der Waals surface area contributed by atoms with E-state index in [1.807, 2.05) is 0 Å². The van der Waals surface area contributed by atoms with E-state index < -0.39 is 28.4 Å². The summed E-state index contributed by atoms with van der Waals surface area (Å²) in [6, 6.07) is 5.87. The average molecular weight is 285 g/mol. The van der Waals surface area contributed by atoms with Crippen LogP contribution in [0.3, 0.4) is 0 Å². The zero-order valence-corrected chi connectivity index (χ0v) is 11.5. The third-order valence-electron chi connectivity index (χ3n) is 2.47. The highest BCUT2D eigenvalue weighted by Crippen LogP contribution is 2.17. The zero-order chi connectivity index (χ0) is 14.6. The molecule has 0 saturated carbocycles. The van der Waals surface area contributed by atoms with Crippen molar-refractivity contribution in [3.8, 4) is 0 Å². The second kappa shape index (κ2) is 5.83. The molecule has 1 amide bonds. The Morgan fingerprint density at radius 3 is 2.16 bits per heavy atom. The Labute approximate surface area is 111 Å². The second-order valence-electron chi connectivity index (χ2n) is 3.97. The Kier molecular flexibility index (Phi) is 4.66. The third kappa shape index (κ3) is 3.54. The molecular weight excluding hydrogens is 270 g/mol. The molecule has 0 radical (unpaired) electrons. The van der Waals surface area contributed by atoms with Crippen LogP contribution in [-0.2, 0) is 19.6 Å². The molecule has 6 nitrogen and oxygen atoms in total. The van der Waals surface area contributed by atoms with Gasteiger partial charge >= 0.3 is 5.97 Å². The molecular formula is C12H15NO5S. The molecule has 0 aliphatic heterocycles. The van der Waals surface area contributed by atoms with E-state index >= 15 is 0 Å². The van der Waals surface area contributed by atoms with Gasteiger partial charge in [-0.05, 0) is 19.1 Å². The lowest BCUT2D eigenvalue weighted by Gasteiger charge is -2.20. The minimum atomic E-state index is -4.12. The zero-order valence-electron chi connectivity index (χ0n) is 10.7. The first-order chi connectivity index (χ1) is 8.78. The van der Waals surface area contributed by atoms with E-state index in [1.165, 1.54) is 19.1 Å². The standard InChI is InChI=1S/C12H15NO5S/c1-3-11(14)13(8-12(15)16)19(17,18)10-6-4-9(2)5-7-10/h4-7H,3,8H2,1-2H3,(H,15,16). The second-order valence-corrected chi connectivity index (χ2v) is 5.83. The van der Waals surface area contributed by atoms with Crippen LogP contribution in [0.4, 0.5) is 0 Å². The summed E-state index contributed by atoms with van der Waals surface area (Å²) in [5.74, 6) is -2.12. The normalized spacial score (nSPS) is 11.1. The molecule has 0 spiro atoms. The van der Waals surface area contributed by atoms with Gasteiger partial charge in [0.25, 0.3) is 10.0 Å². The molecule has 0 unspecified atom stereocenters. The summed E-state index contributed by atoms with van der Waals surface area (Å²) in [5, 5.41) is 8.72. The van der Waals surface area contributed by atoms with E-state index in [-0.39, 0.29) is 11.3 Å². The van der Waals surface area contributed by atoms with Gasteiger partial charge in [0, 0.05) is 6.42 Å². The molecule has 7 heteroatoms. The van der Waals surface area contributed by atoms with Gasteiger partial charge in [-0.3, -0.25) is 9.59 Å². The molecule has 1 aromatic carbocycles. The van der Waals surface area contributed by atoms with Gasteiger partial charge in [0.2, 0.25) is 5.91 Å². The van der Waals surface area contributed by atoms with Crippen molar-refractivity contribution in [1.82, 2.24) is 4.31 Å². The first-order valence-electron chi connectivity index (χ1n) is 5.63. The number of aliphatic carboxylic acids is 1. The number of hydrogen-bond acceptors (Lipinski definition) is 4. The Balaban J connectivity index is 3.22. The smallest absolute Gasteiger partial charge is 0.324 e. The number of rotatable bonds is 5. The average Bonchev–Trinajstić information content (AvgIpc) is 2.35. The highest BCUT2D eigenvalue weighted by atomic mass is 32.2. The van der Waals surface area contributed by atoms with E-state index in [2.05, 4.69) is 0 Å². The summed E-state index contributed by atoms with van der Waals surface area (Å²) in [7, 11) is -4.12. The van der Waals surface area contributed by atoms with Crippen molar-refractivity contribution in [3.63, 3.8) is 0 Å². The summed E-state index contributed by atoms with van der Waals surface area (Å²) in [5.41, 5.74) is 0.866. The van der Waals surface area contributed by atoms with Gasteiger partial charge in [-0.2, -0.15) is 0 Å². The third-order valence-corrected chi connectivity index (χ3v) is 4.25. The highest BCUT2D eigenvalue weighted by molar-refractivity contribution is 7.89. The largest absolute Gasteiger partial charge is 0.480 e. The van der Waals surface area contributed by atoms with Gasteiger partial charge in [-0.15, -0.1) is 0 Å². The predicted molar refractivity (Wildman–Crippen MR) is 68.0 cm³/mol. The Morgan fingerprint density at radius 1 is 1.21 bits per heavy atom. The number of aryl methyl sites for hydroxylation is 1. The molecule has 0 aliphatic rings. The molecule has 0 aliphatic carbocycles. The van der Waals surface area contributed by atoms with Gasteiger partial charge in [-0.1, -0.05) is 24.6 Å². The van der Waals surface area contributed by atoms with Gasteiger partial charge in [-0.25, -0.2) is 12.7 Å². The highest BCUT2D eigenvalue weighted by Gasteiger charge is 2.29. The van der Waals surface area contributed by atoms with Crippen LogP contribution in [0.5, 0.6) is 0 Å². The first-order valence-corrected chi connectivity index (χ1v) is 7.07. The maximum absolute atomic E-state index is 12.2. The molecule has 0 heterocycles. The lowest BCUT2D eigenvalue weighted by molar-refractivity contribution is -0.141. The van der Waals surface area contributed by atoms with Crippen LogP contribution in [0, 0.1) is 6.92 Å². The molecule has 0 saturated heterocycles. The van der Waals surface area contributed by atoms with E-state index in [4.69, 9.17) is 5.11 Å². The van der Waals surface area contributed by atoms with E-state index in [1.54, 1.807) is 19.1 Å². The van der Waals surface area contributed by atoms with E-state index in [9.17, 15) is 18.0 Å². The molecule has 0 aromatic heterocycles. The molecule has 104 valence electrons.